The number of nitrogens with two attached hydrogens (primary N) is 1. The molecule has 96 valence electrons. The SMILES string of the molecule is CC(C)Oc1cncc(C(N)CSC(C)C)c1. The Morgan fingerprint density at radius 1 is 1.29 bits per heavy atom. The van der Waals surface area contributed by atoms with Gasteiger partial charge in [0.1, 0.15) is 5.75 Å². The number of pyridine rings is 1. The van der Waals surface area contributed by atoms with Crippen LogP contribution in [0.3, 0.4) is 0 Å². The van der Waals surface area contributed by atoms with Crippen LogP contribution in [0.4, 0.5) is 0 Å². The Kier molecular flexibility index (Phi) is 5.78. The molecule has 1 aromatic heterocycles. The number of ether oxygens (including phenoxy) is 1. The molecule has 0 bridgehead atoms. The molecule has 0 aliphatic carbocycles. The maximum atomic E-state index is 6.13. The Hall–Kier alpha value is -0.740. The fourth-order valence-corrected chi connectivity index (χ4v) is 2.15. The third-order valence-corrected chi connectivity index (χ3v) is 3.36. The second-order valence-electron chi connectivity index (χ2n) is 4.61. The predicted octanol–water partition coefficient (Wildman–Crippen LogP) is 3.01. The zero-order valence-electron chi connectivity index (χ0n) is 11.0. The molecule has 1 rings (SSSR count). The fourth-order valence-electron chi connectivity index (χ4n) is 1.37. The number of nitrogens with zero attached hydrogens (tertiary/aromatic N) is 1. The highest BCUT2D eigenvalue weighted by atomic mass is 32.2. The van der Waals surface area contributed by atoms with Gasteiger partial charge < -0.3 is 10.5 Å². The number of hydrogen-bond donors (Lipinski definition) is 1. The van der Waals surface area contributed by atoms with E-state index >= 15 is 0 Å². The molecule has 0 amide bonds. The molecule has 1 heterocycles. The Morgan fingerprint density at radius 3 is 2.59 bits per heavy atom. The number of aromatic nitrogens is 1. The second kappa shape index (κ2) is 6.87. The van der Waals surface area contributed by atoms with E-state index in [2.05, 4.69) is 18.8 Å². The summed E-state index contributed by atoms with van der Waals surface area (Å²) in [5, 5.41) is 0.601. The molecule has 0 aliphatic rings. The van der Waals surface area contributed by atoms with Crippen LogP contribution < -0.4 is 10.5 Å². The standard InChI is InChI=1S/C13H22N2OS/c1-9(2)16-12-5-11(6-15-7-12)13(14)8-17-10(3)4/h5-7,9-10,13H,8,14H2,1-4H3. The zero-order chi connectivity index (χ0) is 12.8. The van der Waals surface area contributed by atoms with Crippen LogP contribution in [0.1, 0.15) is 39.3 Å². The van der Waals surface area contributed by atoms with E-state index in [1.807, 2.05) is 37.9 Å². The molecule has 2 N–H and O–H groups in total. The lowest BCUT2D eigenvalue weighted by molar-refractivity contribution is 0.241. The van der Waals surface area contributed by atoms with E-state index in [4.69, 9.17) is 10.5 Å². The molecule has 1 unspecified atom stereocenters. The molecular weight excluding hydrogens is 232 g/mol. The molecule has 0 aliphatic heterocycles. The van der Waals surface area contributed by atoms with Gasteiger partial charge in [-0.25, -0.2) is 0 Å². The smallest absolute Gasteiger partial charge is 0.138 e. The van der Waals surface area contributed by atoms with Gasteiger partial charge in [0.2, 0.25) is 0 Å². The van der Waals surface area contributed by atoms with E-state index < -0.39 is 0 Å². The number of hydrogen-bond acceptors (Lipinski definition) is 4. The lowest BCUT2D eigenvalue weighted by atomic mass is 10.1. The Morgan fingerprint density at radius 2 is 2.00 bits per heavy atom. The van der Waals surface area contributed by atoms with E-state index in [-0.39, 0.29) is 12.1 Å². The number of thioether (sulfide) groups is 1. The van der Waals surface area contributed by atoms with Crippen molar-refractivity contribution in [2.24, 2.45) is 5.73 Å². The first-order valence-electron chi connectivity index (χ1n) is 5.97. The van der Waals surface area contributed by atoms with Crippen molar-refractivity contribution in [3.8, 4) is 5.75 Å². The Labute approximate surface area is 108 Å². The van der Waals surface area contributed by atoms with Crippen molar-refractivity contribution in [3.05, 3.63) is 24.0 Å². The van der Waals surface area contributed by atoms with Gasteiger partial charge >= 0.3 is 0 Å². The van der Waals surface area contributed by atoms with Crippen LogP contribution in [-0.4, -0.2) is 22.1 Å². The van der Waals surface area contributed by atoms with Crippen LogP contribution in [0.5, 0.6) is 5.75 Å². The Bertz CT molecular complexity index is 342. The van der Waals surface area contributed by atoms with Gasteiger partial charge in [0.05, 0.1) is 12.3 Å². The molecule has 0 saturated carbocycles. The van der Waals surface area contributed by atoms with Crippen molar-refractivity contribution in [2.45, 2.75) is 45.1 Å². The minimum atomic E-state index is 0.0191. The van der Waals surface area contributed by atoms with Gasteiger partial charge in [0, 0.05) is 18.0 Å². The van der Waals surface area contributed by atoms with E-state index in [1.165, 1.54) is 0 Å². The quantitative estimate of drug-likeness (QED) is 0.847. The highest BCUT2D eigenvalue weighted by Gasteiger charge is 2.09. The van der Waals surface area contributed by atoms with Gasteiger partial charge in [0.25, 0.3) is 0 Å². The van der Waals surface area contributed by atoms with Crippen LogP contribution in [0.2, 0.25) is 0 Å². The monoisotopic (exact) mass is 254 g/mol. The second-order valence-corrected chi connectivity index (χ2v) is 6.22. The van der Waals surface area contributed by atoms with Gasteiger partial charge in [-0.1, -0.05) is 13.8 Å². The van der Waals surface area contributed by atoms with Crippen LogP contribution in [-0.2, 0) is 0 Å². The highest BCUT2D eigenvalue weighted by Crippen LogP contribution is 2.22. The molecule has 1 atom stereocenters. The first-order chi connectivity index (χ1) is 7.99. The third-order valence-electron chi connectivity index (χ3n) is 2.14. The average molecular weight is 254 g/mol. The molecule has 0 saturated heterocycles. The van der Waals surface area contributed by atoms with Crippen molar-refractivity contribution in [1.82, 2.24) is 4.98 Å². The fraction of sp³-hybridized carbons (Fsp3) is 0.615. The molecule has 0 radical (unpaired) electrons. The Balaban J connectivity index is 2.63. The van der Waals surface area contributed by atoms with Crippen molar-refractivity contribution >= 4 is 11.8 Å². The van der Waals surface area contributed by atoms with Gasteiger partial charge in [-0.15, -0.1) is 0 Å². The van der Waals surface area contributed by atoms with Crippen molar-refractivity contribution < 1.29 is 4.74 Å². The van der Waals surface area contributed by atoms with E-state index in [0.717, 1.165) is 17.1 Å². The van der Waals surface area contributed by atoms with Gasteiger partial charge in [-0.05, 0) is 30.7 Å². The first-order valence-corrected chi connectivity index (χ1v) is 7.02. The molecule has 0 spiro atoms. The highest BCUT2D eigenvalue weighted by molar-refractivity contribution is 7.99. The van der Waals surface area contributed by atoms with Crippen LogP contribution in [0.25, 0.3) is 0 Å². The normalized spacial score (nSPS) is 13.1. The molecule has 0 aromatic carbocycles. The topological polar surface area (TPSA) is 48.1 Å². The third kappa shape index (κ3) is 5.41. The van der Waals surface area contributed by atoms with E-state index in [1.54, 1.807) is 6.20 Å². The summed E-state index contributed by atoms with van der Waals surface area (Å²) in [6.45, 7) is 8.35. The summed E-state index contributed by atoms with van der Waals surface area (Å²) in [5.41, 5.74) is 7.16. The number of rotatable bonds is 6. The minimum absolute atomic E-state index is 0.0191. The largest absolute Gasteiger partial charge is 0.489 e. The van der Waals surface area contributed by atoms with E-state index in [9.17, 15) is 0 Å². The maximum Gasteiger partial charge on any atom is 0.138 e. The van der Waals surface area contributed by atoms with E-state index in [0.29, 0.717) is 5.25 Å². The molecule has 17 heavy (non-hydrogen) atoms. The minimum Gasteiger partial charge on any atom is -0.489 e. The summed E-state index contributed by atoms with van der Waals surface area (Å²) in [7, 11) is 0. The summed E-state index contributed by atoms with van der Waals surface area (Å²) in [6, 6.07) is 2.00. The predicted molar refractivity (Wildman–Crippen MR) is 74.5 cm³/mol. The van der Waals surface area contributed by atoms with Crippen molar-refractivity contribution in [2.75, 3.05) is 5.75 Å². The molecule has 1 aromatic rings. The average Bonchev–Trinajstić information content (AvgIpc) is 2.25. The first kappa shape index (κ1) is 14.3. The molecule has 0 fully saturated rings. The lowest BCUT2D eigenvalue weighted by Crippen LogP contribution is -2.15. The lowest BCUT2D eigenvalue weighted by Gasteiger charge is -2.15. The van der Waals surface area contributed by atoms with Gasteiger partial charge in [-0.2, -0.15) is 11.8 Å². The van der Waals surface area contributed by atoms with Crippen LogP contribution in [0.15, 0.2) is 18.5 Å². The zero-order valence-corrected chi connectivity index (χ0v) is 11.8. The van der Waals surface area contributed by atoms with Gasteiger partial charge in [0.15, 0.2) is 0 Å². The van der Waals surface area contributed by atoms with Crippen molar-refractivity contribution in [1.29, 1.82) is 0 Å². The van der Waals surface area contributed by atoms with Crippen LogP contribution >= 0.6 is 11.8 Å². The summed E-state index contributed by atoms with van der Waals surface area (Å²) in [6.07, 6.45) is 3.71. The summed E-state index contributed by atoms with van der Waals surface area (Å²) >= 11 is 1.86. The van der Waals surface area contributed by atoms with Crippen molar-refractivity contribution in [3.63, 3.8) is 0 Å². The van der Waals surface area contributed by atoms with Gasteiger partial charge in [-0.3, -0.25) is 4.98 Å². The summed E-state index contributed by atoms with van der Waals surface area (Å²) < 4.78 is 5.61. The molecule has 4 heteroatoms. The maximum absolute atomic E-state index is 6.13. The molecule has 3 nitrogen and oxygen atoms in total. The molecular formula is C13H22N2OS. The summed E-state index contributed by atoms with van der Waals surface area (Å²) in [4.78, 5) is 4.17. The van der Waals surface area contributed by atoms with Crippen LogP contribution in [0, 0.1) is 0 Å². The summed E-state index contributed by atoms with van der Waals surface area (Å²) in [5.74, 6) is 1.70.